The molecule has 1 aliphatic heterocycles. The van der Waals surface area contributed by atoms with E-state index in [1.807, 2.05) is 49.6 Å². The van der Waals surface area contributed by atoms with Crippen molar-refractivity contribution in [1.82, 2.24) is 0 Å². The molecule has 14 heavy (non-hydrogen) atoms. The lowest BCUT2D eigenvalue weighted by Gasteiger charge is -2.32. The van der Waals surface area contributed by atoms with Crippen molar-refractivity contribution in [2.24, 2.45) is 0 Å². The number of hydrogen-bond acceptors (Lipinski definition) is 1. The Morgan fingerprint density at radius 2 is 1.93 bits per heavy atom. The van der Waals surface area contributed by atoms with Crippen molar-refractivity contribution in [3.63, 3.8) is 0 Å². The highest BCUT2D eigenvalue weighted by Crippen LogP contribution is 2.58. The molecule has 74 valence electrons. The van der Waals surface area contributed by atoms with Crippen LogP contribution in [0.15, 0.2) is 29.6 Å². The molecule has 0 aliphatic carbocycles. The molecular formula is C11H14NOP. The maximum absolute atomic E-state index is 12.3. The third-order valence-electron chi connectivity index (χ3n) is 2.88. The zero-order chi connectivity index (χ0) is 10.3. The second-order valence-electron chi connectivity index (χ2n) is 3.75. The second kappa shape index (κ2) is 2.99. The summed E-state index contributed by atoms with van der Waals surface area (Å²) in [7, 11) is -0.408. The minimum Gasteiger partial charge on any atom is -0.322 e. The quantitative estimate of drug-likeness (QED) is 0.607. The van der Waals surface area contributed by atoms with Gasteiger partial charge in [-0.2, -0.15) is 0 Å². The maximum Gasteiger partial charge on any atom is 0.193 e. The SMILES string of the molecule is CC1=Cc2ccccc2N(C)P1(C)=O. The van der Waals surface area contributed by atoms with Crippen molar-refractivity contribution in [3.8, 4) is 0 Å². The molecule has 0 spiro atoms. The van der Waals surface area contributed by atoms with Gasteiger partial charge in [-0.1, -0.05) is 18.2 Å². The van der Waals surface area contributed by atoms with Crippen LogP contribution < -0.4 is 4.67 Å². The average Bonchev–Trinajstić information content (AvgIpc) is 2.15. The highest BCUT2D eigenvalue weighted by atomic mass is 31.2. The van der Waals surface area contributed by atoms with Crippen LogP contribution in [0.25, 0.3) is 6.08 Å². The second-order valence-corrected chi connectivity index (χ2v) is 6.81. The number of hydrogen-bond donors (Lipinski definition) is 0. The molecule has 0 aromatic heterocycles. The Bertz CT molecular complexity index is 450. The molecule has 0 N–H and O–H groups in total. The minimum atomic E-state index is -2.31. The summed E-state index contributed by atoms with van der Waals surface area (Å²) in [5.74, 6) is 0. The number of para-hydroxylation sites is 1. The molecule has 1 atom stereocenters. The molecule has 2 nitrogen and oxygen atoms in total. The third kappa shape index (κ3) is 1.22. The molecule has 0 bridgehead atoms. The predicted octanol–water partition coefficient (Wildman–Crippen LogP) is 3.41. The summed E-state index contributed by atoms with van der Waals surface area (Å²) in [6.45, 7) is 3.75. The summed E-state index contributed by atoms with van der Waals surface area (Å²) in [5, 5.41) is 0.971. The monoisotopic (exact) mass is 207 g/mol. The van der Waals surface area contributed by atoms with Crippen LogP contribution in [0.5, 0.6) is 0 Å². The van der Waals surface area contributed by atoms with Gasteiger partial charge in [-0.15, -0.1) is 0 Å². The van der Waals surface area contributed by atoms with Crippen LogP contribution in [0, 0.1) is 0 Å². The zero-order valence-electron chi connectivity index (χ0n) is 8.69. The Morgan fingerprint density at radius 1 is 1.29 bits per heavy atom. The summed E-state index contributed by atoms with van der Waals surface area (Å²) < 4.78 is 14.2. The van der Waals surface area contributed by atoms with E-state index in [0.29, 0.717) is 0 Å². The normalized spacial score (nSPS) is 25.6. The molecule has 1 aromatic carbocycles. The summed E-state index contributed by atoms with van der Waals surface area (Å²) in [6.07, 6.45) is 2.02. The first-order valence-electron chi connectivity index (χ1n) is 4.63. The van der Waals surface area contributed by atoms with Crippen LogP contribution in [-0.2, 0) is 4.57 Å². The molecule has 1 aliphatic rings. The Balaban J connectivity index is 2.68. The summed E-state index contributed by atoms with van der Waals surface area (Å²) in [5.41, 5.74) is 2.21. The van der Waals surface area contributed by atoms with Crippen molar-refractivity contribution in [3.05, 3.63) is 35.1 Å². The lowest BCUT2D eigenvalue weighted by Crippen LogP contribution is -2.17. The summed E-state index contributed by atoms with van der Waals surface area (Å²) >= 11 is 0. The Kier molecular flexibility index (Phi) is 2.04. The molecule has 0 fully saturated rings. The number of allylic oxidation sites excluding steroid dienone is 1. The maximum atomic E-state index is 12.3. The van der Waals surface area contributed by atoms with Crippen molar-refractivity contribution in [2.75, 3.05) is 18.4 Å². The van der Waals surface area contributed by atoms with Gasteiger partial charge in [0, 0.05) is 24.7 Å². The van der Waals surface area contributed by atoms with Crippen molar-refractivity contribution in [2.45, 2.75) is 6.92 Å². The first kappa shape index (κ1) is 9.54. The first-order chi connectivity index (χ1) is 6.53. The van der Waals surface area contributed by atoms with Crippen molar-refractivity contribution < 1.29 is 4.57 Å². The van der Waals surface area contributed by atoms with Gasteiger partial charge in [-0.3, -0.25) is 4.57 Å². The molecule has 0 saturated heterocycles. The van der Waals surface area contributed by atoms with Gasteiger partial charge >= 0.3 is 0 Å². The van der Waals surface area contributed by atoms with Crippen LogP contribution in [-0.4, -0.2) is 13.7 Å². The van der Waals surface area contributed by atoms with Gasteiger partial charge in [0.2, 0.25) is 0 Å². The van der Waals surface area contributed by atoms with Gasteiger partial charge < -0.3 is 4.67 Å². The largest absolute Gasteiger partial charge is 0.322 e. The van der Waals surface area contributed by atoms with Crippen LogP contribution in [0.4, 0.5) is 5.69 Å². The molecule has 0 radical (unpaired) electrons. The Labute approximate surface area is 84.7 Å². The van der Waals surface area contributed by atoms with E-state index in [-0.39, 0.29) is 0 Å². The third-order valence-corrected chi connectivity index (χ3v) is 5.68. The Morgan fingerprint density at radius 3 is 2.64 bits per heavy atom. The Hall–Kier alpha value is -1.01. The highest BCUT2D eigenvalue weighted by Gasteiger charge is 2.28. The van der Waals surface area contributed by atoms with Crippen LogP contribution in [0.1, 0.15) is 12.5 Å². The zero-order valence-corrected chi connectivity index (χ0v) is 9.58. The number of rotatable bonds is 0. The fraction of sp³-hybridized carbons (Fsp3) is 0.273. The molecule has 2 rings (SSSR count). The van der Waals surface area contributed by atoms with Gasteiger partial charge in [0.05, 0.1) is 0 Å². The molecular weight excluding hydrogens is 193 g/mol. The van der Waals surface area contributed by atoms with Gasteiger partial charge in [0.15, 0.2) is 7.29 Å². The number of nitrogens with zero attached hydrogens (tertiary/aromatic N) is 1. The highest BCUT2D eigenvalue weighted by molar-refractivity contribution is 7.69. The van der Waals surface area contributed by atoms with Gasteiger partial charge in [-0.25, -0.2) is 0 Å². The van der Waals surface area contributed by atoms with E-state index in [2.05, 4.69) is 6.07 Å². The standard InChI is InChI=1S/C11H14NOP/c1-9-8-10-6-4-5-7-11(10)12(2)14(9,3)13/h4-8H,1-3H3. The fourth-order valence-corrected chi connectivity index (χ4v) is 3.14. The number of benzene rings is 1. The van der Waals surface area contributed by atoms with E-state index in [1.165, 1.54) is 0 Å². The molecule has 1 heterocycles. The predicted molar refractivity (Wildman–Crippen MR) is 62.0 cm³/mol. The molecule has 0 saturated carbocycles. The van der Waals surface area contributed by atoms with Crippen molar-refractivity contribution >= 4 is 19.1 Å². The van der Waals surface area contributed by atoms with Crippen molar-refractivity contribution in [1.29, 1.82) is 0 Å². The minimum absolute atomic E-state index is 0.971. The molecule has 1 unspecified atom stereocenters. The number of fused-ring (bicyclic) bond motifs is 1. The summed E-state index contributed by atoms with van der Waals surface area (Å²) in [4.78, 5) is 0. The smallest absolute Gasteiger partial charge is 0.193 e. The lowest BCUT2D eigenvalue weighted by atomic mass is 10.1. The molecule has 1 aromatic rings. The summed E-state index contributed by atoms with van der Waals surface area (Å²) in [6, 6.07) is 8.04. The van der Waals surface area contributed by atoms with Crippen LogP contribution in [0.2, 0.25) is 0 Å². The van der Waals surface area contributed by atoms with E-state index < -0.39 is 7.29 Å². The van der Waals surface area contributed by atoms with Gasteiger partial charge in [-0.05, 0) is 24.6 Å². The lowest BCUT2D eigenvalue weighted by molar-refractivity contribution is 0.581. The molecule has 0 amide bonds. The van der Waals surface area contributed by atoms with Crippen LogP contribution >= 0.6 is 7.29 Å². The average molecular weight is 207 g/mol. The molecule has 3 heteroatoms. The van der Waals surface area contributed by atoms with E-state index in [4.69, 9.17) is 0 Å². The van der Waals surface area contributed by atoms with E-state index >= 15 is 0 Å². The van der Waals surface area contributed by atoms with Crippen LogP contribution in [0.3, 0.4) is 0 Å². The number of anilines is 1. The van der Waals surface area contributed by atoms with E-state index in [1.54, 1.807) is 0 Å². The van der Waals surface area contributed by atoms with Gasteiger partial charge in [0.1, 0.15) is 0 Å². The van der Waals surface area contributed by atoms with Gasteiger partial charge in [0.25, 0.3) is 0 Å². The topological polar surface area (TPSA) is 20.3 Å². The van der Waals surface area contributed by atoms with E-state index in [9.17, 15) is 4.57 Å². The van der Waals surface area contributed by atoms with E-state index in [0.717, 1.165) is 16.6 Å². The fourth-order valence-electron chi connectivity index (χ4n) is 1.69. The first-order valence-corrected chi connectivity index (χ1v) is 6.74.